The van der Waals surface area contributed by atoms with E-state index in [0.29, 0.717) is 5.54 Å². The second kappa shape index (κ2) is 6.19. The van der Waals surface area contributed by atoms with Crippen molar-refractivity contribution < 1.29 is 0 Å². The van der Waals surface area contributed by atoms with E-state index in [1.54, 1.807) is 0 Å². The lowest BCUT2D eigenvalue weighted by atomic mass is 9.79. The molecular formula is C15H30N2. The van der Waals surface area contributed by atoms with E-state index in [1.165, 1.54) is 71.1 Å². The number of hydrogen-bond donors (Lipinski definition) is 1. The Morgan fingerprint density at radius 3 is 2.65 bits per heavy atom. The van der Waals surface area contributed by atoms with Crippen LogP contribution in [0.1, 0.15) is 58.8 Å². The van der Waals surface area contributed by atoms with Crippen molar-refractivity contribution in [2.24, 2.45) is 5.92 Å². The first-order valence-electron chi connectivity index (χ1n) is 7.69. The van der Waals surface area contributed by atoms with Crippen molar-refractivity contribution in [2.45, 2.75) is 64.3 Å². The van der Waals surface area contributed by atoms with Crippen molar-refractivity contribution in [2.75, 3.05) is 26.2 Å². The highest BCUT2D eigenvalue weighted by Gasteiger charge is 2.38. The highest BCUT2D eigenvalue weighted by molar-refractivity contribution is 4.97. The number of hydrogen-bond acceptors (Lipinski definition) is 2. The molecule has 1 saturated carbocycles. The fourth-order valence-corrected chi connectivity index (χ4v) is 3.63. The molecule has 0 atom stereocenters. The van der Waals surface area contributed by atoms with Gasteiger partial charge < -0.3 is 5.32 Å². The molecule has 0 amide bonds. The minimum absolute atomic E-state index is 0.535. The van der Waals surface area contributed by atoms with E-state index in [4.69, 9.17) is 0 Å². The van der Waals surface area contributed by atoms with Gasteiger partial charge in [-0.25, -0.2) is 0 Å². The molecule has 1 aliphatic carbocycles. The first-order valence-corrected chi connectivity index (χ1v) is 7.69. The van der Waals surface area contributed by atoms with Crippen LogP contribution in [0.5, 0.6) is 0 Å². The summed E-state index contributed by atoms with van der Waals surface area (Å²) in [5.74, 6) is 0.861. The van der Waals surface area contributed by atoms with Crippen LogP contribution in [0.25, 0.3) is 0 Å². The van der Waals surface area contributed by atoms with Crippen LogP contribution >= 0.6 is 0 Å². The molecule has 2 fully saturated rings. The van der Waals surface area contributed by atoms with Crippen LogP contribution in [-0.4, -0.2) is 36.6 Å². The second-order valence-corrected chi connectivity index (χ2v) is 6.48. The Morgan fingerprint density at radius 2 is 1.94 bits per heavy atom. The summed E-state index contributed by atoms with van der Waals surface area (Å²) in [7, 11) is 0. The van der Waals surface area contributed by atoms with E-state index >= 15 is 0 Å². The molecule has 2 rings (SSSR count). The van der Waals surface area contributed by atoms with Gasteiger partial charge in [0.1, 0.15) is 0 Å². The van der Waals surface area contributed by atoms with Crippen molar-refractivity contribution in [3.8, 4) is 0 Å². The van der Waals surface area contributed by atoms with Crippen LogP contribution in [0.2, 0.25) is 0 Å². The van der Waals surface area contributed by atoms with Crippen molar-refractivity contribution in [3.05, 3.63) is 0 Å². The summed E-state index contributed by atoms with van der Waals surface area (Å²) >= 11 is 0. The summed E-state index contributed by atoms with van der Waals surface area (Å²) in [6.07, 6.45) is 10.00. The molecule has 0 aromatic carbocycles. The Bertz CT molecular complexity index is 211. The van der Waals surface area contributed by atoms with Crippen LogP contribution in [0.4, 0.5) is 0 Å². The lowest BCUT2D eigenvalue weighted by molar-refractivity contribution is 0.0258. The van der Waals surface area contributed by atoms with Gasteiger partial charge in [0.05, 0.1) is 0 Å². The Balaban J connectivity index is 1.87. The number of nitrogens with one attached hydrogen (secondary N) is 1. The van der Waals surface area contributed by atoms with Gasteiger partial charge in [0.25, 0.3) is 0 Å². The van der Waals surface area contributed by atoms with Crippen LogP contribution < -0.4 is 5.32 Å². The molecule has 0 bridgehead atoms. The third-order valence-corrected chi connectivity index (χ3v) is 4.68. The van der Waals surface area contributed by atoms with Gasteiger partial charge in [-0.3, -0.25) is 4.90 Å². The fourth-order valence-electron chi connectivity index (χ4n) is 3.63. The molecule has 1 spiro atoms. The van der Waals surface area contributed by atoms with Gasteiger partial charge in [0.15, 0.2) is 0 Å². The van der Waals surface area contributed by atoms with E-state index in [9.17, 15) is 0 Å². The predicted molar refractivity (Wildman–Crippen MR) is 74.3 cm³/mol. The van der Waals surface area contributed by atoms with Gasteiger partial charge in [-0.15, -0.1) is 0 Å². The van der Waals surface area contributed by atoms with Crippen molar-refractivity contribution >= 4 is 0 Å². The summed E-state index contributed by atoms with van der Waals surface area (Å²) in [6, 6.07) is 0. The Morgan fingerprint density at radius 1 is 1.18 bits per heavy atom. The number of piperazine rings is 1. The molecule has 0 radical (unpaired) electrons. The SMILES string of the molecule is CC(C)CCCN1CCNCC12CCCCC2. The Hall–Kier alpha value is -0.0800. The molecule has 2 nitrogen and oxygen atoms in total. The van der Waals surface area contributed by atoms with Gasteiger partial charge in [-0.1, -0.05) is 33.1 Å². The normalized spacial score (nSPS) is 25.6. The molecule has 1 aliphatic heterocycles. The van der Waals surface area contributed by atoms with E-state index in [1.807, 2.05) is 0 Å². The molecule has 17 heavy (non-hydrogen) atoms. The van der Waals surface area contributed by atoms with Crippen molar-refractivity contribution in [3.63, 3.8) is 0 Å². The maximum Gasteiger partial charge on any atom is 0.0334 e. The fraction of sp³-hybridized carbons (Fsp3) is 1.00. The summed E-state index contributed by atoms with van der Waals surface area (Å²) in [5.41, 5.74) is 0.535. The van der Waals surface area contributed by atoms with E-state index in [0.717, 1.165) is 5.92 Å². The minimum atomic E-state index is 0.535. The third kappa shape index (κ3) is 3.45. The van der Waals surface area contributed by atoms with Gasteiger partial charge in [0.2, 0.25) is 0 Å². The van der Waals surface area contributed by atoms with Crippen LogP contribution in [0.15, 0.2) is 0 Å². The topological polar surface area (TPSA) is 15.3 Å². The van der Waals surface area contributed by atoms with Crippen LogP contribution in [-0.2, 0) is 0 Å². The average Bonchev–Trinajstić information content (AvgIpc) is 2.32. The highest BCUT2D eigenvalue weighted by atomic mass is 15.3. The van der Waals surface area contributed by atoms with Crippen molar-refractivity contribution in [1.82, 2.24) is 10.2 Å². The quantitative estimate of drug-likeness (QED) is 0.810. The third-order valence-electron chi connectivity index (χ3n) is 4.68. The zero-order valence-electron chi connectivity index (χ0n) is 11.8. The van der Waals surface area contributed by atoms with E-state index in [2.05, 4.69) is 24.1 Å². The zero-order chi connectivity index (χ0) is 12.1. The average molecular weight is 238 g/mol. The summed E-state index contributed by atoms with van der Waals surface area (Å²) in [5, 5.41) is 3.63. The number of nitrogens with zero attached hydrogens (tertiary/aromatic N) is 1. The number of rotatable bonds is 4. The van der Waals surface area contributed by atoms with Crippen LogP contribution in [0, 0.1) is 5.92 Å². The molecule has 2 heteroatoms. The van der Waals surface area contributed by atoms with Gasteiger partial charge in [0, 0.05) is 25.2 Å². The van der Waals surface area contributed by atoms with E-state index in [-0.39, 0.29) is 0 Å². The summed E-state index contributed by atoms with van der Waals surface area (Å²) < 4.78 is 0. The van der Waals surface area contributed by atoms with Gasteiger partial charge in [-0.05, 0) is 38.1 Å². The maximum absolute atomic E-state index is 3.63. The summed E-state index contributed by atoms with van der Waals surface area (Å²) in [6.45, 7) is 9.73. The first-order chi connectivity index (χ1) is 8.23. The largest absolute Gasteiger partial charge is 0.314 e. The smallest absolute Gasteiger partial charge is 0.0334 e. The molecule has 100 valence electrons. The van der Waals surface area contributed by atoms with Gasteiger partial charge >= 0.3 is 0 Å². The Labute approximate surface area is 107 Å². The standard InChI is InChI=1S/C15H30N2/c1-14(2)7-6-11-17-12-10-16-13-15(17)8-4-3-5-9-15/h14,16H,3-13H2,1-2H3. The monoisotopic (exact) mass is 238 g/mol. The van der Waals surface area contributed by atoms with E-state index < -0.39 is 0 Å². The Kier molecular flexibility index (Phi) is 4.87. The zero-order valence-corrected chi connectivity index (χ0v) is 11.8. The van der Waals surface area contributed by atoms with Crippen molar-refractivity contribution in [1.29, 1.82) is 0 Å². The van der Waals surface area contributed by atoms with Crippen LogP contribution in [0.3, 0.4) is 0 Å². The molecule has 1 heterocycles. The minimum Gasteiger partial charge on any atom is -0.314 e. The molecule has 1 saturated heterocycles. The lowest BCUT2D eigenvalue weighted by Gasteiger charge is -2.50. The molecular weight excluding hydrogens is 208 g/mol. The maximum atomic E-state index is 3.63. The molecule has 2 aliphatic rings. The second-order valence-electron chi connectivity index (χ2n) is 6.48. The summed E-state index contributed by atoms with van der Waals surface area (Å²) in [4.78, 5) is 2.82. The lowest BCUT2D eigenvalue weighted by Crippen LogP contribution is -2.62. The highest BCUT2D eigenvalue weighted by Crippen LogP contribution is 2.34. The first kappa shape index (κ1) is 13.4. The molecule has 0 aromatic rings. The molecule has 0 aromatic heterocycles. The van der Waals surface area contributed by atoms with Gasteiger partial charge in [-0.2, -0.15) is 0 Å². The molecule has 0 unspecified atom stereocenters. The predicted octanol–water partition coefficient (Wildman–Crippen LogP) is 3.03. The molecule has 1 N–H and O–H groups in total.